The van der Waals surface area contributed by atoms with Gasteiger partial charge in [0.05, 0.1) is 0 Å². The molecule has 32 heavy (non-hydrogen) atoms. The predicted molar refractivity (Wildman–Crippen MR) is 158 cm³/mol. The summed E-state index contributed by atoms with van der Waals surface area (Å²) in [5, 5.41) is 0. The number of halogens is 1. The number of hydrogen-bond donors (Lipinski definition) is 0. The third kappa shape index (κ3) is 3.15. The third-order valence-corrected chi connectivity index (χ3v) is 76.7. The minimum atomic E-state index is -3.61. The van der Waals surface area contributed by atoms with Crippen molar-refractivity contribution in [3.8, 4) is 0 Å². The van der Waals surface area contributed by atoms with Gasteiger partial charge in [-0.05, 0) is 0 Å². The fourth-order valence-electron chi connectivity index (χ4n) is 8.23. The predicted octanol–water partition coefficient (Wildman–Crippen LogP) is 7.56. The maximum atomic E-state index is 8.74. The first-order valence-electron chi connectivity index (χ1n) is 12.0. The van der Waals surface area contributed by atoms with Gasteiger partial charge in [-0.1, -0.05) is 0 Å². The molecule has 1 aromatic rings. The summed E-state index contributed by atoms with van der Waals surface area (Å²) in [7, 11) is 1.67. The molecule has 2 atom stereocenters. The van der Waals surface area contributed by atoms with Crippen LogP contribution in [-0.2, 0) is 2.61 Å². The SMILES string of the molecule is C[Si](C)(C)[C](c1ccccn1)([Si](C)(C)C)[Sb]1([Cl])[N]2C=CC=CC2[C]1([Si](C)(C)C)[Si](C)(C)C. The summed E-state index contributed by atoms with van der Waals surface area (Å²) in [6.07, 6.45) is 11.5. The van der Waals surface area contributed by atoms with Gasteiger partial charge in [-0.15, -0.1) is 0 Å². The van der Waals surface area contributed by atoms with Crippen molar-refractivity contribution in [3.63, 3.8) is 0 Å². The minimum absolute atomic E-state index is 0.0774. The van der Waals surface area contributed by atoms with Gasteiger partial charge in [-0.3, -0.25) is 0 Å². The van der Waals surface area contributed by atoms with Crippen LogP contribution in [0.1, 0.15) is 5.69 Å². The van der Waals surface area contributed by atoms with Gasteiger partial charge in [0.25, 0.3) is 0 Å². The molecule has 3 rings (SSSR count). The Morgan fingerprint density at radius 1 is 0.875 bits per heavy atom. The van der Waals surface area contributed by atoms with E-state index in [1.54, 1.807) is 0 Å². The van der Waals surface area contributed by atoms with Crippen LogP contribution in [0, 0.1) is 0 Å². The molecule has 1 aromatic heterocycles. The molecule has 0 aliphatic carbocycles. The topological polar surface area (TPSA) is 16.1 Å². The van der Waals surface area contributed by atoms with Crippen LogP contribution in [0.4, 0.5) is 0 Å². The number of hydrogen-bond acceptors (Lipinski definition) is 2. The molecule has 3 heterocycles. The summed E-state index contributed by atoms with van der Waals surface area (Å²) >= 11 is -3.61. The van der Waals surface area contributed by atoms with Gasteiger partial charge in [-0.25, -0.2) is 0 Å². The number of nitrogens with zero attached hydrogens (tertiary/aromatic N) is 2. The molecule has 2 aliphatic heterocycles. The van der Waals surface area contributed by atoms with Gasteiger partial charge in [0.1, 0.15) is 0 Å². The average Bonchev–Trinajstić information content (AvgIpc) is 2.58. The Kier molecular flexibility index (Phi) is 6.71. The summed E-state index contributed by atoms with van der Waals surface area (Å²) in [5.41, 5.74) is 1.33. The first-order valence-corrected chi connectivity index (χ1v) is 32.9. The molecule has 2 nitrogen and oxygen atoms in total. The van der Waals surface area contributed by atoms with E-state index in [0.717, 1.165) is 0 Å². The Hall–Kier alpha value is 0.406. The van der Waals surface area contributed by atoms with Crippen molar-refractivity contribution < 1.29 is 0 Å². The van der Waals surface area contributed by atoms with Gasteiger partial charge >= 0.3 is 211 Å². The first kappa shape index (κ1) is 27.0. The molecule has 1 saturated heterocycles. The second-order valence-electron chi connectivity index (χ2n) is 13.8. The molecule has 179 valence electrons. The summed E-state index contributed by atoms with van der Waals surface area (Å²) in [4.78, 5) is 5.20. The number of aromatic nitrogens is 1. The van der Waals surface area contributed by atoms with Crippen molar-refractivity contribution in [2.45, 2.75) is 89.8 Å². The zero-order chi connectivity index (χ0) is 24.6. The number of allylic oxidation sites excluding steroid dienone is 2. The Bertz CT molecular complexity index is 895. The molecule has 0 N–H and O–H groups in total. The molecule has 2 unspecified atom stereocenters. The van der Waals surface area contributed by atoms with Crippen LogP contribution in [0.3, 0.4) is 0 Å². The third-order valence-electron chi connectivity index (χ3n) is 8.08. The normalized spacial score (nSPS) is 26.0. The molecular weight excluding hydrogens is 586 g/mol. The Balaban J connectivity index is 2.60. The monoisotopic (exact) mass is 629 g/mol. The maximum absolute atomic E-state index is 8.74. The number of fused-ring (bicyclic) bond motifs is 1. The summed E-state index contributed by atoms with van der Waals surface area (Å²) in [6.45, 7) is 31.5. The van der Waals surface area contributed by atoms with Gasteiger partial charge in [-0.2, -0.15) is 0 Å². The fraction of sp³-hybridized carbons (Fsp3) is 0.625. The Morgan fingerprint density at radius 3 is 1.81 bits per heavy atom. The van der Waals surface area contributed by atoms with E-state index in [4.69, 9.17) is 13.8 Å². The summed E-state index contributed by atoms with van der Waals surface area (Å²) in [6, 6.07) is 7.12. The van der Waals surface area contributed by atoms with E-state index in [1.165, 1.54) is 5.69 Å². The van der Waals surface area contributed by atoms with Crippen molar-refractivity contribution in [3.05, 3.63) is 54.5 Å². The summed E-state index contributed by atoms with van der Waals surface area (Å²) in [5.74, 6) is 0. The molecular formula is C24H45ClN2SbSi4. The van der Waals surface area contributed by atoms with Crippen LogP contribution >= 0.6 is 8.83 Å². The van der Waals surface area contributed by atoms with Crippen LogP contribution in [0.2, 0.25) is 81.2 Å². The second-order valence-corrected chi connectivity index (χ2v) is 52.6. The van der Waals surface area contributed by atoms with Crippen LogP contribution in [0.25, 0.3) is 0 Å². The van der Waals surface area contributed by atoms with E-state index >= 15 is 0 Å². The van der Waals surface area contributed by atoms with Crippen molar-refractivity contribution >= 4 is 59.1 Å². The van der Waals surface area contributed by atoms with Gasteiger partial charge < -0.3 is 0 Å². The zero-order valence-corrected chi connectivity index (χ0v) is 29.7. The molecule has 1 radical (unpaired) electrons. The van der Waals surface area contributed by atoms with Crippen molar-refractivity contribution in [1.29, 1.82) is 0 Å². The standard InChI is InChI=1S/C12H23NSi2.C12H22NSi2.ClH.Sb/c2*1-14(2,3)12(15(4,5)6)11-9-7-8-10-13-11;;/h7-11H,1-6H3;7-10H,1-6H3;1H;/q-1;;;+2/p-1. The Labute approximate surface area is 210 Å². The van der Waals surface area contributed by atoms with Gasteiger partial charge in [0.15, 0.2) is 0 Å². The van der Waals surface area contributed by atoms with Crippen LogP contribution in [0.5, 0.6) is 0 Å². The van der Waals surface area contributed by atoms with Crippen molar-refractivity contribution in [2.24, 2.45) is 0 Å². The van der Waals surface area contributed by atoms with E-state index in [2.05, 4.69) is 124 Å². The zero-order valence-electron chi connectivity index (χ0n) is 22.4. The molecule has 0 spiro atoms. The molecule has 0 aromatic carbocycles. The quantitative estimate of drug-likeness (QED) is 0.302. The second kappa shape index (κ2) is 7.96. The fourth-order valence-corrected chi connectivity index (χ4v) is 107. The van der Waals surface area contributed by atoms with E-state index in [1.807, 2.05) is 6.20 Å². The molecule has 0 amide bonds. The van der Waals surface area contributed by atoms with E-state index in [-0.39, 0.29) is 2.61 Å². The van der Waals surface area contributed by atoms with Crippen LogP contribution < -0.4 is 0 Å². The van der Waals surface area contributed by atoms with Gasteiger partial charge in [0, 0.05) is 0 Å². The van der Waals surface area contributed by atoms with Crippen LogP contribution in [-0.4, -0.2) is 64.3 Å². The van der Waals surface area contributed by atoms with E-state index in [0.29, 0.717) is 8.65 Å². The number of rotatable bonds is 6. The average molecular weight is 631 g/mol. The van der Waals surface area contributed by atoms with E-state index < -0.39 is 50.2 Å². The molecule has 0 bridgehead atoms. The summed E-state index contributed by atoms with van der Waals surface area (Å²) < 4.78 is 3.18. The molecule has 0 saturated carbocycles. The van der Waals surface area contributed by atoms with Crippen molar-refractivity contribution in [1.82, 2.24) is 8.04 Å². The first-order chi connectivity index (χ1) is 14.3. The van der Waals surface area contributed by atoms with Gasteiger partial charge in [0.2, 0.25) is 0 Å². The molecule has 2 aliphatic rings. The van der Waals surface area contributed by atoms with E-state index in [9.17, 15) is 0 Å². The number of pyridine rings is 1. The van der Waals surface area contributed by atoms with Crippen molar-refractivity contribution in [2.75, 3.05) is 0 Å². The van der Waals surface area contributed by atoms with Crippen LogP contribution in [0.15, 0.2) is 48.8 Å². The molecule has 8 heteroatoms. The molecule has 1 fully saturated rings. The Morgan fingerprint density at radius 2 is 1.41 bits per heavy atom.